The van der Waals surface area contributed by atoms with Crippen molar-refractivity contribution in [3.8, 4) is 0 Å². The van der Waals surface area contributed by atoms with E-state index in [0.717, 1.165) is 13.8 Å². The van der Waals surface area contributed by atoms with Gasteiger partial charge < -0.3 is 0 Å². The van der Waals surface area contributed by atoms with Gasteiger partial charge in [0.1, 0.15) is 0 Å². The Labute approximate surface area is 97.4 Å². The van der Waals surface area contributed by atoms with E-state index in [1.165, 1.54) is 0 Å². The van der Waals surface area contributed by atoms with Crippen LogP contribution in [0.3, 0.4) is 0 Å². The maximum atomic E-state index is 12.6. The van der Waals surface area contributed by atoms with Gasteiger partial charge in [0, 0.05) is 0 Å². The van der Waals surface area contributed by atoms with Gasteiger partial charge in [-0.3, -0.25) is 0 Å². The van der Waals surface area contributed by atoms with Crippen molar-refractivity contribution in [2.24, 2.45) is 16.7 Å². The average Bonchev–Trinajstić information content (AvgIpc) is 1.66. The molecule has 0 saturated carbocycles. The Kier molecular flexibility index (Phi) is 4.25. The number of alkyl halides is 6. The summed E-state index contributed by atoms with van der Waals surface area (Å²) in [5.74, 6) is -3.29. The third-order valence-electron chi connectivity index (χ3n) is 2.42. The van der Waals surface area contributed by atoms with Crippen LogP contribution in [0.2, 0.25) is 0 Å². The molecule has 6 heteroatoms. The van der Waals surface area contributed by atoms with Crippen molar-refractivity contribution >= 4 is 0 Å². The summed E-state index contributed by atoms with van der Waals surface area (Å²) in [6.45, 7) is 6.91. The van der Waals surface area contributed by atoms with Crippen LogP contribution < -0.4 is 0 Å². The fourth-order valence-corrected chi connectivity index (χ4v) is 2.54. The Morgan fingerprint density at radius 3 is 1.18 bits per heavy atom. The van der Waals surface area contributed by atoms with Gasteiger partial charge in [0.2, 0.25) is 0 Å². The monoisotopic (exact) mass is 264 g/mol. The summed E-state index contributed by atoms with van der Waals surface area (Å²) in [5, 5.41) is 0. The highest BCUT2D eigenvalue weighted by Gasteiger charge is 2.63. The first-order valence-electron chi connectivity index (χ1n) is 5.21. The molecule has 0 amide bonds. The first-order valence-corrected chi connectivity index (χ1v) is 5.21. The second kappa shape index (κ2) is 4.35. The second-order valence-electron chi connectivity index (χ2n) is 6.24. The minimum absolute atomic E-state index is 0.163. The highest BCUT2D eigenvalue weighted by molar-refractivity contribution is 4.91. The normalized spacial score (nSPS) is 15.5. The third kappa shape index (κ3) is 5.17. The molecule has 0 aromatic rings. The molecule has 0 aliphatic carbocycles. The van der Waals surface area contributed by atoms with Gasteiger partial charge in [-0.25, -0.2) is 0 Å². The topological polar surface area (TPSA) is 0 Å². The van der Waals surface area contributed by atoms with Crippen LogP contribution in [-0.4, -0.2) is 12.4 Å². The summed E-state index contributed by atoms with van der Waals surface area (Å²) in [7, 11) is 0. The van der Waals surface area contributed by atoms with E-state index in [2.05, 4.69) is 0 Å². The molecule has 0 nitrogen and oxygen atoms in total. The van der Waals surface area contributed by atoms with Crippen molar-refractivity contribution in [2.75, 3.05) is 0 Å². The summed E-state index contributed by atoms with van der Waals surface area (Å²) in [4.78, 5) is 0. The molecular formula is C11H18F6. The first-order chi connectivity index (χ1) is 7.07. The second-order valence-corrected chi connectivity index (χ2v) is 6.24. The van der Waals surface area contributed by atoms with Gasteiger partial charge in [-0.2, -0.15) is 26.3 Å². The number of halogens is 6. The minimum Gasteiger partial charge on any atom is -0.170 e. The number of rotatable bonds is 2. The number of hydrogen-bond donors (Lipinski definition) is 0. The van der Waals surface area contributed by atoms with E-state index in [9.17, 15) is 26.3 Å². The van der Waals surface area contributed by atoms with Crippen LogP contribution in [0.25, 0.3) is 0 Å². The molecule has 0 rings (SSSR count). The zero-order chi connectivity index (χ0) is 14.3. The molecule has 0 aromatic carbocycles. The van der Waals surface area contributed by atoms with Gasteiger partial charge in [0.05, 0.1) is 0 Å². The Balaban J connectivity index is 5.34. The van der Waals surface area contributed by atoms with Gasteiger partial charge in [-0.1, -0.05) is 34.6 Å². The van der Waals surface area contributed by atoms with E-state index in [1.54, 1.807) is 20.8 Å². The smallest absolute Gasteiger partial charge is 0.170 e. The predicted octanol–water partition coefficient (Wildman–Crippen LogP) is 5.19. The zero-order valence-corrected chi connectivity index (χ0v) is 10.6. The van der Waals surface area contributed by atoms with Crippen molar-refractivity contribution in [2.45, 2.75) is 53.4 Å². The summed E-state index contributed by atoms with van der Waals surface area (Å²) < 4.78 is 75.4. The summed E-state index contributed by atoms with van der Waals surface area (Å²) in [5.41, 5.74) is -2.48. The molecule has 0 atom stereocenters. The molecule has 104 valence electrons. The van der Waals surface area contributed by atoms with E-state index >= 15 is 0 Å². The highest BCUT2D eigenvalue weighted by Crippen LogP contribution is 2.53. The molecule has 17 heavy (non-hydrogen) atoms. The molecule has 0 bridgehead atoms. The lowest BCUT2D eigenvalue weighted by atomic mass is 9.68. The molecule has 0 aliphatic heterocycles. The van der Waals surface area contributed by atoms with E-state index in [-0.39, 0.29) is 6.42 Å². The largest absolute Gasteiger partial charge is 0.400 e. The maximum Gasteiger partial charge on any atom is 0.400 e. The molecule has 0 unspecified atom stereocenters. The average molecular weight is 264 g/mol. The third-order valence-corrected chi connectivity index (χ3v) is 2.42. The van der Waals surface area contributed by atoms with Crippen LogP contribution >= 0.6 is 0 Å². The molecule has 0 fully saturated rings. The quantitative estimate of drug-likeness (QED) is 0.602. The Hall–Kier alpha value is -0.420. The van der Waals surface area contributed by atoms with Crippen LogP contribution in [0.1, 0.15) is 41.0 Å². The van der Waals surface area contributed by atoms with E-state index in [4.69, 9.17) is 0 Å². The van der Waals surface area contributed by atoms with Crippen LogP contribution in [-0.2, 0) is 0 Å². The summed E-state index contributed by atoms with van der Waals surface area (Å²) in [6, 6.07) is 0. The SMILES string of the molecule is CC(C)(C)CC(C)(C)C(C(F)(F)F)C(F)(F)F. The van der Waals surface area contributed by atoms with Gasteiger partial charge in [0.15, 0.2) is 5.92 Å². The fraction of sp³-hybridized carbons (Fsp3) is 1.00. The standard InChI is InChI=1S/C11H18F6/c1-8(2,3)6-9(4,5)7(10(12,13)14)11(15,16)17/h7H,6H2,1-5H3. The molecule has 0 saturated heterocycles. The minimum atomic E-state index is -5.27. The Morgan fingerprint density at radius 1 is 0.706 bits per heavy atom. The van der Waals surface area contributed by atoms with Gasteiger partial charge >= 0.3 is 12.4 Å². The lowest BCUT2D eigenvalue weighted by Crippen LogP contribution is -2.47. The molecule has 0 radical (unpaired) electrons. The molecule has 0 heterocycles. The van der Waals surface area contributed by atoms with E-state index in [0.29, 0.717) is 0 Å². The predicted molar refractivity (Wildman–Crippen MR) is 53.5 cm³/mol. The van der Waals surface area contributed by atoms with Crippen molar-refractivity contribution in [1.29, 1.82) is 0 Å². The first kappa shape index (κ1) is 16.6. The maximum absolute atomic E-state index is 12.6. The van der Waals surface area contributed by atoms with Gasteiger partial charge in [0.25, 0.3) is 0 Å². The summed E-state index contributed by atoms with van der Waals surface area (Å²) in [6.07, 6.45) is -10.7. The van der Waals surface area contributed by atoms with Gasteiger partial charge in [-0.05, 0) is 17.3 Å². The van der Waals surface area contributed by atoms with E-state index < -0.39 is 29.1 Å². The highest BCUT2D eigenvalue weighted by atomic mass is 19.4. The fourth-order valence-electron chi connectivity index (χ4n) is 2.54. The lowest BCUT2D eigenvalue weighted by Gasteiger charge is -2.40. The van der Waals surface area contributed by atoms with Gasteiger partial charge in [-0.15, -0.1) is 0 Å². The van der Waals surface area contributed by atoms with Crippen LogP contribution in [0, 0.1) is 16.7 Å². The molecule has 0 aliphatic rings. The number of hydrogen-bond acceptors (Lipinski definition) is 0. The van der Waals surface area contributed by atoms with Crippen LogP contribution in [0.5, 0.6) is 0 Å². The Morgan fingerprint density at radius 2 is 1.00 bits per heavy atom. The molecular weight excluding hydrogens is 246 g/mol. The van der Waals surface area contributed by atoms with Crippen molar-refractivity contribution < 1.29 is 26.3 Å². The van der Waals surface area contributed by atoms with Crippen LogP contribution in [0.4, 0.5) is 26.3 Å². The molecule has 0 spiro atoms. The Bertz CT molecular complexity index is 239. The zero-order valence-electron chi connectivity index (χ0n) is 10.6. The van der Waals surface area contributed by atoms with Crippen molar-refractivity contribution in [3.05, 3.63) is 0 Å². The lowest BCUT2D eigenvalue weighted by molar-refractivity contribution is -0.314. The summed E-state index contributed by atoms with van der Waals surface area (Å²) >= 11 is 0. The van der Waals surface area contributed by atoms with Crippen molar-refractivity contribution in [3.63, 3.8) is 0 Å². The van der Waals surface area contributed by atoms with E-state index in [1.807, 2.05) is 0 Å². The molecule has 0 aromatic heterocycles. The van der Waals surface area contributed by atoms with Crippen molar-refractivity contribution in [1.82, 2.24) is 0 Å². The van der Waals surface area contributed by atoms with Crippen LogP contribution in [0.15, 0.2) is 0 Å². The molecule has 0 N–H and O–H groups in total.